The number of hydrogen-bond acceptors (Lipinski definition) is 5. The van der Waals surface area contributed by atoms with Crippen molar-refractivity contribution in [1.82, 2.24) is 15.6 Å². The predicted molar refractivity (Wildman–Crippen MR) is 70.7 cm³/mol. The summed E-state index contributed by atoms with van der Waals surface area (Å²) in [5.41, 5.74) is 0. The molecule has 5 nitrogen and oxygen atoms in total. The Morgan fingerprint density at radius 3 is 3.11 bits per heavy atom. The first-order valence-electron chi connectivity index (χ1n) is 5.66. The van der Waals surface area contributed by atoms with E-state index in [9.17, 15) is 4.79 Å². The first kappa shape index (κ1) is 12.8. The van der Waals surface area contributed by atoms with Gasteiger partial charge in [-0.2, -0.15) is 0 Å². The molecule has 2 aromatic heterocycles. The van der Waals surface area contributed by atoms with Crippen molar-refractivity contribution >= 4 is 17.2 Å². The molecule has 2 heterocycles. The van der Waals surface area contributed by atoms with Gasteiger partial charge >= 0.3 is 0 Å². The zero-order valence-corrected chi connectivity index (χ0v) is 11.1. The van der Waals surface area contributed by atoms with Gasteiger partial charge in [0.2, 0.25) is 0 Å². The number of carbonyl (C=O) groups excluding carboxylic acids is 1. The van der Waals surface area contributed by atoms with Crippen molar-refractivity contribution in [3.05, 3.63) is 29.5 Å². The van der Waals surface area contributed by atoms with Gasteiger partial charge in [-0.15, -0.1) is 11.3 Å². The van der Waals surface area contributed by atoms with Crippen LogP contribution in [-0.4, -0.2) is 30.5 Å². The second-order valence-electron chi connectivity index (χ2n) is 3.91. The van der Waals surface area contributed by atoms with Gasteiger partial charge in [0.15, 0.2) is 10.8 Å². The Hall–Kier alpha value is -1.66. The molecule has 0 spiro atoms. The molecular formula is C12H15N3O2S. The topological polar surface area (TPSA) is 67.2 Å². The van der Waals surface area contributed by atoms with Gasteiger partial charge in [0.25, 0.3) is 5.91 Å². The van der Waals surface area contributed by atoms with Crippen LogP contribution in [0.25, 0.3) is 10.8 Å². The number of furan rings is 1. The third kappa shape index (κ3) is 2.96. The van der Waals surface area contributed by atoms with Gasteiger partial charge in [0, 0.05) is 12.6 Å². The summed E-state index contributed by atoms with van der Waals surface area (Å²) >= 11 is 1.32. The SMILES string of the molecule is CNC(C)CNC(=O)c1cnc(-c2ccco2)s1. The molecule has 0 aliphatic rings. The Labute approximate surface area is 109 Å². The molecule has 0 aromatic carbocycles. The summed E-state index contributed by atoms with van der Waals surface area (Å²) < 4.78 is 5.23. The van der Waals surface area contributed by atoms with Gasteiger partial charge in [-0.05, 0) is 26.1 Å². The van der Waals surface area contributed by atoms with E-state index in [0.717, 1.165) is 0 Å². The number of carbonyl (C=O) groups is 1. The van der Waals surface area contributed by atoms with Crippen molar-refractivity contribution in [2.24, 2.45) is 0 Å². The van der Waals surface area contributed by atoms with Gasteiger partial charge in [-0.1, -0.05) is 0 Å². The molecule has 0 saturated carbocycles. The number of aromatic nitrogens is 1. The molecule has 18 heavy (non-hydrogen) atoms. The van der Waals surface area contributed by atoms with Crippen LogP contribution in [0.2, 0.25) is 0 Å². The zero-order valence-electron chi connectivity index (χ0n) is 10.3. The molecule has 1 amide bonds. The lowest BCUT2D eigenvalue weighted by Crippen LogP contribution is -2.36. The van der Waals surface area contributed by atoms with Crippen LogP contribution in [-0.2, 0) is 0 Å². The third-order valence-corrected chi connectivity index (χ3v) is 3.53. The fourth-order valence-electron chi connectivity index (χ4n) is 1.33. The van der Waals surface area contributed by atoms with Crippen LogP contribution in [0, 0.1) is 0 Å². The zero-order chi connectivity index (χ0) is 13.0. The summed E-state index contributed by atoms with van der Waals surface area (Å²) in [7, 11) is 1.86. The highest BCUT2D eigenvalue weighted by molar-refractivity contribution is 7.16. The van der Waals surface area contributed by atoms with Crippen LogP contribution in [0.3, 0.4) is 0 Å². The second kappa shape index (κ2) is 5.79. The molecule has 1 unspecified atom stereocenters. The normalized spacial score (nSPS) is 12.3. The Morgan fingerprint density at radius 1 is 1.61 bits per heavy atom. The molecular weight excluding hydrogens is 250 g/mol. The molecule has 2 aromatic rings. The maximum absolute atomic E-state index is 11.8. The smallest absolute Gasteiger partial charge is 0.263 e. The molecule has 2 rings (SSSR count). The molecule has 0 fully saturated rings. The highest BCUT2D eigenvalue weighted by Crippen LogP contribution is 2.25. The van der Waals surface area contributed by atoms with Crippen LogP contribution in [0.15, 0.2) is 29.0 Å². The molecule has 0 bridgehead atoms. The minimum Gasteiger partial charge on any atom is -0.462 e. The Bertz CT molecular complexity index is 507. The fraction of sp³-hybridized carbons (Fsp3) is 0.333. The first-order valence-corrected chi connectivity index (χ1v) is 6.47. The quantitative estimate of drug-likeness (QED) is 0.864. The third-order valence-electron chi connectivity index (χ3n) is 2.52. The van der Waals surface area contributed by atoms with Crippen molar-refractivity contribution in [2.45, 2.75) is 13.0 Å². The number of hydrogen-bond donors (Lipinski definition) is 2. The van der Waals surface area contributed by atoms with Gasteiger partial charge in [-0.3, -0.25) is 4.79 Å². The molecule has 2 N–H and O–H groups in total. The lowest BCUT2D eigenvalue weighted by atomic mass is 10.3. The minimum absolute atomic E-state index is 0.104. The molecule has 0 saturated heterocycles. The minimum atomic E-state index is -0.104. The van der Waals surface area contributed by atoms with E-state index in [0.29, 0.717) is 22.2 Å². The Kier molecular flexibility index (Phi) is 4.11. The first-order chi connectivity index (χ1) is 8.70. The number of likely N-dealkylation sites (N-methyl/N-ethyl adjacent to an activating group) is 1. The van der Waals surface area contributed by atoms with Crippen molar-refractivity contribution in [2.75, 3.05) is 13.6 Å². The highest BCUT2D eigenvalue weighted by Gasteiger charge is 2.13. The van der Waals surface area contributed by atoms with Gasteiger partial charge in [0.1, 0.15) is 4.88 Å². The number of thiazole rings is 1. The lowest BCUT2D eigenvalue weighted by molar-refractivity contribution is 0.0954. The van der Waals surface area contributed by atoms with Gasteiger partial charge < -0.3 is 15.1 Å². The Morgan fingerprint density at radius 2 is 2.44 bits per heavy atom. The summed E-state index contributed by atoms with van der Waals surface area (Å²) in [6.07, 6.45) is 3.16. The molecule has 6 heteroatoms. The van der Waals surface area contributed by atoms with Gasteiger partial charge in [0.05, 0.1) is 12.5 Å². The van der Waals surface area contributed by atoms with Crippen molar-refractivity contribution in [3.63, 3.8) is 0 Å². The van der Waals surface area contributed by atoms with E-state index in [4.69, 9.17) is 4.42 Å². The Balaban J connectivity index is 1.99. The molecule has 96 valence electrons. The number of amides is 1. The van der Waals surface area contributed by atoms with Crippen LogP contribution in [0.1, 0.15) is 16.6 Å². The van der Waals surface area contributed by atoms with E-state index in [1.165, 1.54) is 11.3 Å². The monoisotopic (exact) mass is 265 g/mol. The molecule has 1 atom stereocenters. The van der Waals surface area contributed by atoms with E-state index < -0.39 is 0 Å². The lowest BCUT2D eigenvalue weighted by Gasteiger charge is -2.10. The number of rotatable bonds is 5. The maximum atomic E-state index is 11.8. The van der Waals surface area contributed by atoms with Crippen molar-refractivity contribution < 1.29 is 9.21 Å². The molecule has 0 radical (unpaired) electrons. The average Bonchev–Trinajstić information content (AvgIpc) is 3.04. The summed E-state index contributed by atoms with van der Waals surface area (Å²) in [5.74, 6) is 0.579. The van der Waals surface area contributed by atoms with Crippen LogP contribution >= 0.6 is 11.3 Å². The van der Waals surface area contributed by atoms with Gasteiger partial charge in [-0.25, -0.2) is 4.98 Å². The van der Waals surface area contributed by atoms with Crippen molar-refractivity contribution in [1.29, 1.82) is 0 Å². The van der Waals surface area contributed by atoms with E-state index in [2.05, 4.69) is 15.6 Å². The maximum Gasteiger partial charge on any atom is 0.263 e. The summed E-state index contributed by atoms with van der Waals surface area (Å²) in [6, 6.07) is 3.86. The average molecular weight is 265 g/mol. The van der Waals surface area contributed by atoms with Crippen LogP contribution in [0.5, 0.6) is 0 Å². The highest BCUT2D eigenvalue weighted by atomic mass is 32.1. The van der Waals surface area contributed by atoms with E-state index in [-0.39, 0.29) is 11.9 Å². The van der Waals surface area contributed by atoms with E-state index in [1.807, 2.05) is 20.0 Å². The standard InChI is InChI=1S/C12H15N3O2S/c1-8(13-2)6-14-11(16)10-7-15-12(18-10)9-4-3-5-17-9/h3-5,7-8,13H,6H2,1-2H3,(H,14,16). The molecule has 0 aliphatic carbocycles. The number of nitrogens with zero attached hydrogens (tertiary/aromatic N) is 1. The van der Waals surface area contributed by atoms with Crippen LogP contribution < -0.4 is 10.6 Å². The largest absolute Gasteiger partial charge is 0.462 e. The summed E-state index contributed by atoms with van der Waals surface area (Å²) in [4.78, 5) is 16.6. The predicted octanol–water partition coefficient (Wildman–Crippen LogP) is 1.74. The second-order valence-corrected chi connectivity index (χ2v) is 4.94. The number of nitrogens with one attached hydrogen (secondary N) is 2. The molecule has 0 aliphatic heterocycles. The summed E-state index contributed by atoms with van der Waals surface area (Å²) in [5, 5.41) is 6.62. The van der Waals surface area contributed by atoms with Crippen molar-refractivity contribution in [3.8, 4) is 10.8 Å². The fourth-order valence-corrected chi connectivity index (χ4v) is 2.13. The van der Waals surface area contributed by atoms with E-state index in [1.54, 1.807) is 18.5 Å². The van der Waals surface area contributed by atoms with E-state index >= 15 is 0 Å². The van der Waals surface area contributed by atoms with Crippen LogP contribution in [0.4, 0.5) is 0 Å². The summed E-state index contributed by atoms with van der Waals surface area (Å²) in [6.45, 7) is 2.59.